The molecule has 4 N–H and O–H groups in total. The quantitative estimate of drug-likeness (QED) is 0.741. The third-order valence-electron chi connectivity index (χ3n) is 2.92. The molecule has 2 aromatic rings. The van der Waals surface area contributed by atoms with Gasteiger partial charge < -0.3 is 16.4 Å². The van der Waals surface area contributed by atoms with E-state index >= 15 is 0 Å². The summed E-state index contributed by atoms with van der Waals surface area (Å²) in [6, 6.07) is 2.97. The van der Waals surface area contributed by atoms with Crippen molar-refractivity contribution in [1.82, 2.24) is 9.97 Å². The second kappa shape index (κ2) is 6.35. The largest absolute Gasteiger partial charge is 0.416 e. The minimum Gasteiger partial charge on any atom is -0.393 e. The molecule has 1 aromatic carbocycles. The van der Waals surface area contributed by atoms with Gasteiger partial charge in [-0.2, -0.15) is 13.2 Å². The van der Waals surface area contributed by atoms with Gasteiger partial charge in [0.25, 0.3) is 0 Å². The average Bonchev–Trinajstić information content (AvgIpc) is 2.43. The minimum atomic E-state index is -4.48. The second-order valence-electron chi connectivity index (χ2n) is 6.18. The smallest absolute Gasteiger partial charge is 0.393 e. The Morgan fingerprint density at radius 3 is 2.29 bits per heavy atom. The van der Waals surface area contributed by atoms with Crippen LogP contribution in [-0.4, -0.2) is 15.5 Å². The molecule has 0 spiro atoms. The van der Waals surface area contributed by atoms with Crippen molar-refractivity contribution < 1.29 is 13.2 Å². The van der Waals surface area contributed by atoms with Gasteiger partial charge in [0.15, 0.2) is 11.6 Å². The first kappa shape index (κ1) is 18.1. The van der Waals surface area contributed by atoms with E-state index in [9.17, 15) is 13.2 Å². The molecular weight excluding hydrogens is 343 g/mol. The summed E-state index contributed by atoms with van der Waals surface area (Å²) in [4.78, 5) is 8.02. The van der Waals surface area contributed by atoms with Crippen LogP contribution >= 0.6 is 11.6 Å². The zero-order chi connectivity index (χ0) is 18.1. The van der Waals surface area contributed by atoms with E-state index in [0.717, 1.165) is 12.1 Å². The number of aromatic nitrogens is 2. The predicted octanol–water partition coefficient (Wildman–Crippen LogP) is 4.69. The topological polar surface area (TPSA) is 75.9 Å². The third-order valence-corrected chi connectivity index (χ3v) is 3.25. The summed E-state index contributed by atoms with van der Waals surface area (Å²) >= 11 is 5.97. The van der Waals surface area contributed by atoms with E-state index in [1.807, 2.05) is 20.8 Å². The van der Waals surface area contributed by atoms with E-state index in [2.05, 4.69) is 20.6 Å². The number of hydrogen-bond acceptors (Lipinski definition) is 5. The van der Waals surface area contributed by atoms with Crippen molar-refractivity contribution >= 4 is 34.6 Å². The van der Waals surface area contributed by atoms with Gasteiger partial charge in [-0.15, -0.1) is 0 Å². The van der Waals surface area contributed by atoms with Crippen molar-refractivity contribution in [3.63, 3.8) is 0 Å². The van der Waals surface area contributed by atoms with Gasteiger partial charge in [0.1, 0.15) is 12.0 Å². The van der Waals surface area contributed by atoms with Crippen LogP contribution in [0.4, 0.5) is 36.2 Å². The minimum absolute atomic E-state index is 0.0543. The van der Waals surface area contributed by atoms with Crippen molar-refractivity contribution in [2.45, 2.75) is 32.5 Å². The second-order valence-corrected chi connectivity index (χ2v) is 6.58. The van der Waals surface area contributed by atoms with Crippen LogP contribution in [-0.2, 0) is 6.18 Å². The summed E-state index contributed by atoms with van der Waals surface area (Å²) in [5.41, 5.74) is 5.11. The first-order valence-electron chi connectivity index (χ1n) is 7.00. The fraction of sp³-hybridized carbons (Fsp3) is 0.333. The predicted molar refractivity (Wildman–Crippen MR) is 89.6 cm³/mol. The zero-order valence-corrected chi connectivity index (χ0v) is 14.0. The maximum atomic E-state index is 12.8. The van der Waals surface area contributed by atoms with Crippen molar-refractivity contribution in [2.24, 2.45) is 0 Å². The Kier molecular flexibility index (Phi) is 4.80. The number of anilines is 4. The molecular formula is C15H17ClF3N5. The van der Waals surface area contributed by atoms with Crippen molar-refractivity contribution in [2.75, 3.05) is 16.4 Å². The van der Waals surface area contributed by atoms with E-state index < -0.39 is 11.7 Å². The summed E-state index contributed by atoms with van der Waals surface area (Å²) < 4.78 is 38.5. The molecule has 0 aliphatic rings. The Hall–Kier alpha value is -2.22. The van der Waals surface area contributed by atoms with Gasteiger partial charge in [0.2, 0.25) is 0 Å². The van der Waals surface area contributed by atoms with E-state index in [1.54, 1.807) is 0 Å². The maximum Gasteiger partial charge on any atom is 0.416 e. The van der Waals surface area contributed by atoms with Gasteiger partial charge >= 0.3 is 6.18 Å². The van der Waals surface area contributed by atoms with Crippen LogP contribution in [0.3, 0.4) is 0 Å². The van der Waals surface area contributed by atoms with E-state index in [4.69, 9.17) is 17.3 Å². The molecule has 0 unspecified atom stereocenters. The molecule has 24 heavy (non-hydrogen) atoms. The Morgan fingerprint density at radius 1 is 1.08 bits per heavy atom. The van der Waals surface area contributed by atoms with Gasteiger partial charge in [-0.05, 0) is 39.0 Å². The molecule has 0 amide bonds. The van der Waals surface area contributed by atoms with Gasteiger partial charge in [-0.3, -0.25) is 0 Å². The average molecular weight is 360 g/mol. The SMILES string of the molecule is CC(C)(C)Nc1ncnc(Nc2cc(C(F)(F)F)ccc2Cl)c1N. The molecule has 1 heterocycles. The molecule has 9 heteroatoms. The maximum absolute atomic E-state index is 12.8. The lowest BCUT2D eigenvalue weighted by atomic mass is 10.1. The molecule has 1 aromatic heterocycles. The van der Waals surface area contributed by atoms with Crippen molar-refractivity contribution in [3.8, 4) is 0 Å². The van der Waals surface area contributed by atoms with E-state index in [-0.39, 0.29) is 27.8 Å². The van der Waals surface area contributed by atoms with Crippen molar-refractivity contribution in [3.05, 3.63) is 35.1 Å². The number of nitrogen functional groups attached to an aromatic ring is 1. The highest BCUT2D eigenvalue weighted by atomic mass is 35.5. The molecule has 0 atom stereocenters. The van der Waals surface area contributed by atoms with Crippen LogP contribution in [0, 0.1) is 0 Å². The molecule has 0 aliphatic heterocycles. The molecule has 0 radical (unpaired) electrons. The fourth-order valence-corrected chi connectivity index (χ4v) is 2.04. The lowest BCUT2D eigenvalue weighted by Crippen LogP contribution is -2.27. The van der Waals surface area contributed by atoms with Gasteiger partial charge in [-0.25, -0.2) is 9.97 Å². The lowest BCUT2D eigenvalue weighted by Gasteiger charge is -2.23. The summed E-state index contributed by atoms with van der Waals surface area (Å²) in [5.74, 6) is 0.543. The van der Waals surface area contributed by atoms with Gasteiger partial charge in [0, 0.05) is 5.54 Å². The van der Waals surface area contributed by atoms with Crippen LogP contribution in [0.25, 0.3) is 0 Å². The summed E-state index contributed by atoms with van der Waals surface area (Å²) in [6.07, 6.45) is -3.22. The zero-order valence-electron chi connectivity index (χ0n) is 13.3. The molecule has 0 bridgehead atoms. The van der Waals surface area contributed by atoms with E-state index in [1.165, 1.54) is 12.4 Å². The fourth-order valence-electron chi connectivity index (χ4n) is 1.87. The monoisotopic (exact) mass is 359 g/mol. The molecule has 0 saturated heterocycles. The number of halogens is 4. The normalized spacial score (nSPS) is 12.1. The Morgan fingerprint density at radius 2 is 1.71 bits per heavy atom. The molecule has 0 fully saturated rings. The van der Waals surface area contributed by atoms with Crippen LogP contribution in [0.2, 0.25) is 5.02 Å². The highest BCUT2D eigenvalue weighted by Gasteiger charge is 2.31. The van der Waals surface area contributed by atoms with Gasteiger partial charge in [-0.1, -0.05) is 11.6 Å². The number of nitrogens with two attached hydrogens (primary N) is 1. The standard InChI is InChI=1S/C15H17ClF3N5/c1-14(2,3)24-13-11(20)12(21-7-22-13)23-10-6-8(15(17,18)19)4-5-9(10)16/h4-7H,20H2,1-3H3,(H2,21,22,23,24). The van der Waals surface area contributed by atoms with Crippen LogP contribution in [0.15, 0.2) is 24.5 Å². The first-order valence-corrected chi connectivity index (χ1v) is 7.37. The Labute approximate surface area is 142 Å². The highest BCUT2D eigenvalue weighted by molar-refractivity contribution is 6.33. The Bertz CT molecular complexity index is 741. The Balaban J connectivity index is 2.37. The molecule has 0 saturated carbocycles. The molecule has 2 rings (SSSR count). The first-order chi connectivity index (χ1) is 11.0. The number of nitrogens with zero attached hydrogens (tertiary/aromatic N) is 2. The van der Waals surface area contributed by atoms with Crippen LogP contribution in [0.5, 0.6) is 0 Å². The van der Waals surface area contributed by atoms with E-state index in [0.29, 0.717) is 5.82 Å². The van der Waals surface area contributed by atoms with Crippen molar-refractivity contribution in [1.29, 1.82) is 0 Å². The summed E-state index contributed by atoms with van der Waals surface area (Å²) in [5, 5.41) is 5.94. The lowest BCUT2D eigenvalue weighted by molar-refractivity contribution is -0.137. The van der Waals surface area contributed by atoms with Crippen LogP contribution < -0.4 is 16.4 Å². The van der Waals surface area contributed by atoms with Gasteiger partial charge in [0.05, 0.1) is 16.3 Å². The number of benzene rings is 1. The molecule has 0 aliphatic carbocycles. The summed E-state index contributed by atoms with van der Waals surface area (Å²) in [7, 11) is 0. The number of nitrogens with one attached hydrogen (secondary N) is 2. The third kappa shape index (κ3) is 4.41. The number of rotatable bonds is 3. The van der Waals surface area contributed by atoms with Crippen LogP contribution in [0.1, 0.15) is 26.3 Å². The highest BCUT2D eigenvalue weighted by Crippen LogP contribution is 2.36. The molecule has 130 valence electrons. The summed E-state index contributed by atoms with van der Waals surface area (Å²) in [6.45, 7) is 5.77. The number of alkyl halides is 3. The number of hydrogen-bond donors (Lipinski definition) is 3. The molecule has 5 nitrogen and oxygen atoms in total.